The van der Waals surface area contributed by atoms with Crippen molar-refractivity contribution in [2.45, 2.75) is 51.8 Å². The molecule has 0 aromatic heterocycles. The van der Waals surface area contributed by atoms with Crippen molar-refractivity contribution in [3.63, 3.8) is 0 Å². The van der Waals surface area contributed by atoms with Crippen molar-refractivity contribution < 1.29 is 4.74 Å². The maximum atomic E-state index is 6.67. The Morgan fingerprint density at radius 3 is 2.72 bits per heavy atom. The zero-order valence-electron chi connectivity index (χ0n) is 12.2. The van der Waals surface area contributed by atoms with Gasteiger partial charge in [0.1, 0.15) is 0 Å². The Labute approximate surface area is 116 Å². The quantitative estimate of drug-likeness (QED) is 0.849. The predicted octanol–water partition coefficient (Wildman–Crippen LogP) is 1.96. The molecule has 3 atom stereocenters. The summed E-state index contributed by atoms with van der Waals surface area (Å²) in [5.74, 6) is 2.49. The first-order chi connectivity index (χ1) is 8.40. The van der Waals surface area contributed by atoms with Crippen LogP contribution in [0.15, 0.2) is 0 Å². The van der Waals surface area contributed by atoms with Crippen molar-refractivity contribution in [3.8, 4) is 0 Å². The van der Waals surface area contributed by atoms with E-state index in [9.17, 15) is 0 Å². The van der Waals surface area contributed by atoms with E-state index >= 15 is 0 Å². The van der Waals surface area contributed by atoms with E-state index < -0.39 is 0 Å². The molecule has 0 radical (unpaired) electrons. The fourth-order valence-corrected chi connectivity index (χ4v) is 4.22. The van der Waals surface area contributed by atoms with Gasteiger partial charge in [-0.1, -0.05) is 13.8 Å². The average molecular weight is 272 g/mol. The van der Waals surface area contributed by atoms with Crippen molar-refractivity contribution in [2.24, 2.45) is 11.1 Å². The molecule has 0 spiro atoms. The second kappa shape index (κ2) is 5.31. The summed E-state index contributed by atoms with van der Waals surface area (Å²) in [5.41, 5.74) is 6.68. The van der Waals surface area contributed by atoms with Crippen LogP contribution in [0.1, 0.15) is 34.1 Å². The molecule has 2 N–H and O–H groups in total. The molecule has 1 aliphatic carbocycles. The number of nitrogens with zero attached hydrogens (tertiary/aromatic N) is 1. The van der Waals surface area contributed by atoms with Crippen LogP contribution in [0.4, 0.5) is 0 Å². The maximum absolute atomic E-state index is 6.67. The smallest absolute Gasteiger partial charge is 0.0662 e. The van der Waals surface area contributed by atoms with Gasteiger partial charge in [-0.3, -0.25) is 4.90 Å². The fourth-order valence-electron chi connectivity index (χ4n) is 3.13. The Bertz CT molecular complexity index is 298. The summed E-state index contributed by atoms with van der Waals surface area (Å²) in [6.45, 7) is 11.9. The topological polar surface area (TPSA) is 38.5 Å². The van der Waals surface area contributed by atoms with Crippen molar-refractivity contribution >= 4 is 11.8 Å². The van der Waals surface area contributed by atoms with E-state index in [0.29, 0.717) is 12.1 Å². The molecule has 1 aliphatic heterocycles. The van der Waals surface area contributed by atoms with Crippen LogP contribution in [-0.2, 0) is 4.74 Å². The normalized spacial score (nSPS) is 40.5. The Morgan fingerprint density at radius 2 is 2.17 bits per heavy atom. The summed E-state index contributed by atoms with van der Waals surface area (Å²) in [4.78, 5) is 2.57. The number of hydrogen-bond donors (Lipinski definition) is 1. The highest BCUT2D eigenvalue weighted by Crippen LogP contribution is 2.50. The van der Waals surface area contributed by atoms with Gasteiger partial charge in [0.25, 0.3) is 0 Å². The molecule has 1 heterocycles. The summed E-state index contributed by atoms with van der Waals surface area (Å²) in [5, 5.41) is 0. The van der Waals surface area contributed by atoms with Crippen molar-refractivity contribution in [1.29, 1.82) is 0 Å². The van der Waals surface area contributed by atoms with Crippen LogP contribution in [-0.4, -0.2) is 53.8 Å². The van der Waals surface area contributed by atoms with Crippen molar-refractivity contribution in [2.75, 3.05) is 31.2 Å². The molecule has 0 aromatic rings. The van der Waals surface area contributed by atoms with Gasteiger partial charge in [-0.15, -0.1) is 0 Å². The molecule has 0 amide bonds. The molecule has 2 rings (SSSR count). The van der Waals surface area contributed by atoms with Gasteiger partial charge in [-0.05, 0) is 20.3 Å². The van der Waals surface area contributed by atoms with E-state index in [4.69, 9.17) is 10.5 Å². The highest BCUT2D eigenvalue weighted by molar-refractivity contribution is 7.99. The molecule has 0 bridgehead atoms. The number of thioether (sulfide) groups is 1. The van der Waals surface area contributed by atoms with Crippen molar-refractivity contribution in [3.05, 3.63) is 0 Å². The van der Waals surface area contributed by atoms with Gasteiger partial charge in [0.15, 0.2) is 0 Å². The molecule has 1 saturated carbocycles. The van der Waals surface area contributed by atoms with Crippen molar-refractivity contribution in [1.82, 2.24) is 4.90 Å². The Hall–Kier alpha value is 0.230. The lowest BCUT2D eigenvalue weighted by Gasteiger charge is -2.61. The molecule has 106 valence electrons. The maximum Gasteiger partial charge on any atom is 0.0662 e. The average Bonchev–Trinajstić information content (AvgIpc) is 2.32. The van der Waals surface area contributed by atoms with Crippen LogP contribution in [0.25, 0.3) is 0 Å². The lowest BCUT2D eigenvalue weighted by Crippen LogP contribution is -2.74. The summed E-state index contributed by atoms with van der Waals surface area (Å²) in [7, 11) is 0. The largest absolute Gasteiger partial charge is 0.378 e. The number of ether oxygens (including phenoxy) is 1. The Kier molecular flexibility index (Phi) is 4.32. The van der Waals surface area contributed by atoms with E-state index in [1.165, 1.54) is 18.1 Å². The second-order valence-electron chi connectivity index (χ2n) is 6.42. The molecule has 1 saturated heterocycles. The minimum absolute atomic E-state index is 0.0803. The highest BCUT2D eigenvalue weighted by Gasteiger charge is 2.59. The third-order valence-corrected chi connectivity index (χ3v) is 6.19. The zero-order chi connectivity index (χ0) is 13.4. The third kappa shape index (κ3) is 2.45. The molecule has 3 nitrogen and oxygen atoms in total. The van der Waals surface area contributed by atoms with Gasteiger partial charge in [0, 0.05) is 48.2 Å². The summed E-state index contributed by atoms with van der Waals surface area (Å²) in [6, 6.07) is 0.658. The first-order valence-electron chi connectivity index (χ1n) is 7.13. The lowest BCUT2D eigenvalue weighted by molar-refractivity contribution is -0.157. The van der Waals surface area contributed by atoms with E-state index in [1.54, 1.807) is 0 Å². The monoisotopic (exact) mass is 272 g/mol. The van der Waals surface area contributed by atoms with Gasteiger partial charge in [0.05, 0.1) is 6.10 Å². The van der Waals surface area contributed by atoms with Gasteiger partial charge in [-0.2, -0.15) is 11.8 Å². The van der Waals surface area contributed by atoms with E-state index in [0.717, 1.165) is 19.6 Å². The number of hydrogen-bond acceptors (Lipinski definition) is 4. The number of nitrogens with two attached hydrogens (primary N) is 1. The minimum atomic E-state index is -0.0803. The molecule has 4 heteroatoms. The molecule has 2 aliphatic rings. The van der Waals surface area contributed by atoms with Gasteiger partial charge >= 0.3 is 0 Å². The molecule has 3 unspecified atom stereocenters. The van der Waals surface area contributed by atoms with Crippen LogP contribution in [0.2, 0.25) is 0 Å². The number of rotatable bonds is 4. The molecular weight excluding hydrogens is 244 g/mol. The molecule has 2 fully saturated rings. The first kappa shape index (κ1) is 14.6. The SMILES string of the molecule is CCOC1CC(N)(CN2CCSCC2C)C1(C)C. The van der Waals surface area contributed by atoms with Crippen LogP contribution >= 0.6 is 11.8 Å². The summed E-state index contributed by atoms with van der Waals surface area (Å²) < 4.78 is 5.80. The molecular formula is C14H28N2OS. The standard InChI is InChI=1S/C14H28N2OS/c1-5-17-12-8-14(15,13(12,3)4)10-16-6-7-18-9-11(16)2/h11-12H,5-10,15H2,1-4H3. The first-order valence-corrected chi connectivity index (χ1v) is 8.28. The minimum Gasteiger partial charge on any atom is -0.378 e. The Balaban J connectivity index is 1.96. The zero-order valence-corrected chi connectivity index (χ0v) is 13.1. The van der Waals surface area contributed by atoms with Crippen LogP contribution in [0.5, 0.6) is 0 Å². The predicted molar refractivity (Wildman–Crippen MR) is 79.1 cm³/mol. The fraction of sp³-hybridized carbons (Fsp3) is 1.00. The van der Waals surface area contributed by atoms with Crippen LogP contribution < -0.4 is 5.73 Å². The third-order valence-electron chi connectivity index (χ3n) is 5.00. The summed E-state index contributed by atoms with van der Waals surface area (Å²) >= 11 is 2.06. The van der Waals surface area contributed by atoms with E-state index in [-0.39, 0.29) is 11.0 Å². The van der Waals surface area contributed by atoms with Gasteiger partial charge in [0.2, 0.25) is 0 Å². The second-order valence-corrected chi connectivity index (χ2v) is 7.57. The van der Waals surface area contributed by atoms with Gasteiger partial charge < -0.3 is 10.5 Å². The lowest BCUT2D eigenvalue weighted by atomic mass is 9.54. The summed E-state index contributed by atoms with van der Waals surface area (Å²) in [6.07, 6.45) is 1.34. The molecule has 18 heavy (non-hydrogen) atoms. The van der Waals surface area contributed by atoms with Gasteiger partial charge in [-0.25, -0.2) is 0 Å². The molecule has 0 aromatic carbocycles. The van der Waals surface area contributed by atoms with Crippen LogP contribution in [0.3, 0.4) is 0 Å². The van der Waals surface area contributed by atoms with Crippen LogP contribution in [0, 0.1) is 5.41 Å². The van der Waals surface area contributed by atoms with E-state index in [2.05, 4.69) is 44.4 Å². The highest BCUT2D eigenvalue weighted by atomic mass is 32.2. The Morgan fingerprint density at radius 1 is 1.44 bits per heavy atom. The van der Waals surface area contributed by atoms with E-state index in [1.807, 2.05) is 0 Å².